The number of benzene rings is 2. The van der Waals surface area contributed by atoms with E-state index in [-0.39, 0.29) is 30.2 Å². The Balaban J connectivity index is 1.26. The van der Waals surface area contributed by atoms with Crippen LogP contribution in [0.2, 0.25) is 0 Å². The number of nitrogens with zero attached hydrogens (tertiary/aromatic N) is 3. The van der Waals surface area contributed by atoms with Crippen molar-refractivity contribution in [2.24, 2.45) is 5.92 Å². The number of amides is 2. The molecule has 5 rings (SSSR count). The lowest BCUT2D eigenvalue weighted by Gasteiger charge is -2.24. The number of carbonyl (C=O) groups excluding carboxylic acids is 2. The van der Waals surface area contributed by atoms with Crippen LogP contribution in [0.5, 0.6) is 5.75 Å². The number of carboxylic acid groups (broad SMARTS) is 1. The molecule has 252 valence electrons. The average molecular weight is 669 g/mol. The lowest BCUT2D eigenvalue weighted by Crippen LogP contribution is -2.49. The molecule has 9 nitrogen and oxygen atoms in total. The largest absolute Gasteiger partial charge is 0.494 e. The maximum Gasteiger partial charge on any atom is 0.308 e. The van der Waals surface area contributed by atoms with Gasteiger partial charge in [0, 0.05) is 47.9 Å². The lowest BCUT2D eigenvalue weighted by molar-refractivity contribution is -0.141. The molecule has 4 aromatic rings. The minimum absolute atomic E-state index is 0.0973. The summed E-state index contributed by atoms with van der Waals surface area (Å²) in [4.78, 5) is 50.9. The van der Waals surface area contributed by atoms with Crippen molar-refractivity contribution < 1.29 is 24.2 Å². The maximum absolute atomic E-state index is 13.7. The maximum atomic E-state index is 13.7. The molecule has 2 aromatic heterocycles. The standard InChI is InChI=1S/C38H44N4O5S/c1-5-6-7-20-47-30-14-12-26(13-15-30)29-22-39-34(40-23-29)27-10-8-25(9-11-27)21-31(36(44)42-19-18-28(24-42)37(45)46)41-35(43)32-16-17-33(48-32)38(2,3)4/h8-17,22-23,28,31H,5-7,18-21,24H2,1-4H3,(H,41,43)(H,45,46)/t28-,31-/m0/s1. The summed E-state index contributed by atoms with van der Waals surface area (Å²) in [5, 5.41) is 12.4. The summed E-state index contributed by atoms with van der Waals surface area (Å²) < 4.78 is 5.82. The number of ether oxygens (including phenoxy) is 1. The fourth-order valence-corrected chi connectivity index (χ4v) is 6.58. The zero-order chi connectivity index (χ0) is 34.3. The summed E-state index contributed by atoms with van der Waals surface area (Å²) in [7, 11) is 0. The molecular weight excluding hydrogens is 625 g/mol. The quantitative estimate of drug-likeness (QED) is 0.147. The van der Waals surface area contributed by atoms with Gasteiger partial charge in [-0.2, -0.15) is 0 Å². The topological polar surface area (TPSA) is 122 Å². The first-order chi connectivity index (χ1) is 23.0. The van der Waals surface area contributed by atoms with Gasteiger partial charge >= 0.3 is 5.97 Å². The van der Waals surface area contributed by atoms with Gasteiger partial charge in [0.05, 0.1) is 17.4 Å². The van der Waals surface area contributed by atoms with Gasteiger partial charge in [0.25, 0.3) is 5.91 Å². The van der Waals surface area contributed by atoms with Crippen LogP contribution < -0.4 is 10.1 Å². The monoisotopic (exact) mass is 668 g/mol. The number of nitrogens with one attached hydrogen (secondary N) is 1. The molecule has 10 heteroatoms. The number of thiophene rings is 1. The summed E-state index contributed by atoms with van der Waals surface area (Å²) in [6.45, 7) is 9.64. The smallest absolute Gasteiger partial charge is 0.308 e. The highest BCUT2D eigenvalue weighted by molar-refractivity contribution is 7.14. The third-order valence-electron chi connectivity index (χ3n) is 8.53. The van der Waals surface area contributed by atoms with Crippen molar-refractivity contribution in [3.05, 3.63) is 88.4 Å². The van der Waals surface area contributed by atoms with E-state index >= 15 is 0 Å². The van der Waals surface area contributed by atoms with Gasteiger partial charge < -0.3 is 20.1 Å². The highest BCUT2D eigenvalue weighted by Gasteiger charge is 2.35. The van der Waals surface area contributed by atoms with Crippen molar-refractivity contribution in [1.82, 2.24) is 20.2 Å². The first-order valence-electron chi connectivity index (χ1n) is 16.6. The van der Waals surface area contributed by atoms with Crippen molar-refractivity contribution in [3.8, 4) is 28.3 Å². The van der Waals surface area contributed by atoms with Gasteiger partial charge in [-0.3, -0.25) is 14.4 Å². The van der Waals surface area contributed by atoms with E-state index in [1.54, 1.807) is 23.4 Å². The van der Waals surface area contributed by atoms with Gasteiger partial charge in [-0.15, -0.1) is 11.3 Å². The Kier molecular flexibility index (Phi) is 11.3. The minimum atomic E-state index is -0.911. The number of carboxylic acids is 1. The van der Waals surface area contributed by atoms with Crippen molar-refractivity contribution in [1.29, 1.82) is 0 Å². The van der Waals surface area contributed by atoms with Crippen LogP contribution in [0.1, 0.15) is 73.5 Å². The van der Waals surface area contributed by atoms with Gasteiger partial charge in [0.15, 0.2) is 5.82 Å². The summed E-state index contributed by atoms with van der Waals surface area (Å²) in [6.07, 6.45) is 7.62. The summed E-state index contributed by atoms with van der Waals surface area (Å²) in [5.41, 5.74) is 3.48. The van der Waals surface area contributed by atoms with Crippen LogP contribution in [0.25, 0.3) is 22.5 Å². The first-order valence-corrected chi connectivity index (χ1v) is 17.4. The number of hydrogen-bond donors (Lipinski definition) is 2. The van der Waals surface area contributed by atoms with Gasteiger partial charge in [-0.25, -0.2) is 9.97 Å². The third-order valence-corrected chi connectivity index (χ3v) is 10.0. The number of rotatable bonds is 13. The van der Waals surface area contributed by atoms with Crippen LogP contribution in [-0.4, -0.2) is 63.5 Å². The molecule has 1 fully saturated rings. The second kappa shape index (κ2) is 15.6. The highest BCUT2D eigenvalue weighted by atomic mass is 32.1. The molecule has 1 aliphatic rings. The number of hydrogen-bond acceptors (Lipinski definition) is 7. The molecule has 0 unspecified atom stereocenters. The Labute approximate surface area is 286 Å². The van der Waals surface area contributed by atoms with Crippen molar-refractivity contribution >= 4 is 29.1 Å². The van der Waals surface area contributed by atoms with Crippen LogP contribution in [0, 0.1) is 5.92 Å². The number of unbranched alkanes of at least 4 members (excludes halogenated alkanes) is 2. The molecule has 0 bridgehead atoms. The molecule has 3 heterocycles. The molecule has 0 radical (unpaired) electrons. The Morgan fingerprint density at radius 2 is 1.65 bits per heavy atom. The predicted octanol–water partition coefficient (Wildman–Crippen LogP) is 7.01. The second-order valence-corrected chi connectivity index (χ2v) is 14.4. The van der Waals surface area contributed by atoms with E-state index in [0.29, 0.717) is 30.3 Å². The highest BCUT2D eigenvalue weighted by Crippen LogP contribution is 2.30. The van der Waals surface area contributed by atoms with E-state index in [1.165, 1.54) is 11.3 Å². The van der Waals surface area contributed by atoms with Crippen LogP contribution >= 0.6 is 11.3 Å². The SMILES string of the molecule is CCCCCOc1ccc(-c2cnc(-c3ccc(C[C@H](NC(=O)c4ccc(C(C)(C)C)s4)C(=O)N4CC[C@H](C(=O)O)C4)cc3)nc2)cc1. The predicted molar refractivity (Wildman–Crippen MR) is 188 cm³/mol. The molecule has 0 aliphatic carbocycles. The fourth-order valence-electron chi connectivity index (χ4n) is 5.61. The number of aromatic nitrogens is 2. The van der Waals surface area contributed by atoms with Gasteiger partial charge in [0.1, 0.15) is 11.8 Å². The number of likely N-dealkylation sites (tertiary alicyclic amines) is 1. The van der Waals surface area contributed by atoms with E-state index in [4.69, 9.17) is 4.74 Å². The van der Waals surface area contributed by atoms with Gasteiger partial charge in [-0.05, 0) is 53.6 Å². The van der Waals surface area contributed by atoms with E-state index < -0.39 is 17.9 Å². The molecule has 1 saturated heterocycles. The average Bonchev–Trinajstić information content (AvgIpc) is 3.79. The van der Waals surface area contributed by atoms with Gasteiger partial charge in [0.2, 0.25) is 5.91 Å². The van der Waals surface area contributed by atoms with Crippen LogP contribution in [0.15, 0.2) is 73.1 Å². The van der Waals surface area contributed by atoms with Crippen molar-refractivity contribution in [3.63, 3.8) is 0 Å². The number of aliphatic carboxylic acids is 1. The van der Waals surface area contributed by atoms with E-state index in [0.717, 1.165) is 52.1 Å². The van der Waals surface area contributed by atoms with Crippen LogP contribution in [-0.2, 0) is 21.4 Å². The number of carbonyl (C=O) groups is 3. The fraction of sp³-hybridized carbons (Fsp3) is 0.395. The second-order valence-electron chi connectivity index (χ2n) is 13.3. The zero-order valence-electron chi connectivity index (χ0n) is 28.1. The first kappa shape index (κ1) is 34.8. The Morgan fingerprint density at radius 3 is 2.25 bits per heavy atom. The van der Waals surface area contributed by atoms with Gasteiger partial charge in [-0.1, -0.05) is 76.9 Å². The molecule has 2 amide bonds. The Morgan fingerprint density at radius 1 is 0.958 bits per heavy atom. The van der Waals surface area contributed by atoms with E-state index in [9.17, 15) is 19.5 Å². The third kappa shape index (κ3) is 8.86. The lowest BCUT2D eigenvalue weighted by atomic mass is 9.95. The summed E-state index contributed by atoms with van der Waals surface area (Å²) >= 11 is 1.41. The molecular formula is C38H44N4O5S. The zero-order valence-corrected chi connectivity index (χ0v) is 28.9. The molecule has 0 saturated carbocycles. The summed E-state index contributed by atoms with van der Waals surface area (Å²) in [6, 6.07) is 18.5. The minimum Gasteiger partial charge on any atom is -0.494 e. The summed E-state index contributed by atoms with van der Waals surface area (Å²) in [5.74, 6) is -0.684. The van der Waals surface area contributed by atoms with E-state index in [2.05, 4.69) is 43.0 Å². The molecule has 2 N–H and O–H groups in total. The van der Waals surface area contributed by atoms with Crippen LogP contribution in [0.3, 0.4) is 0 Å². The molecule has 2 atom stereocenters. The normalized spacial score (nSPS) is 15.2. The Hall–Kier alpha value is -4.57. The molecule has 1 aliphatic heterocycles. The van der Waals surface area contributed by atoms with Crippen LogP contribution in [0.4, 0.5) is 0 Å². The molecule has 0 spiro atoms. The molecule has 2 aromatic carbocycles. The van der Waals surface area contributed by atoms with E-state index in [1.807, 2.05) is 54.6 Å². The van der Waals surface area contributed by atoms with Crippen molar-refractivity contribution in [2.75, 3.05) is 19.7 Å². The Bertz CT molecular complexity index is 1690. The van der Waals surface area contributed by atoms with Crippen molar-refractivity contribution in [2.45, 2.75) is 71.3 Å². The molecule has 48 heavy (non-hydrogen) atoms.